The van der Waals surface area contributed by atoms with Crippen molar-refractivity contribution in [3.63, 3.8) is 0 Å². The van der Waals surface area contributed by atoms with Gasteiger partial charge in [-0.05, 0) is 31.5 Å². The Balaban J connectivity index is 1.50. The van der Waals surface area contributed by atoms with Crippen molar-refractivity contribution in [3.05, 3.63) is 65.5 Å². The van der Waals surface area contributed by atoms with E-state index in [-0.39, 0.29) is 17.8 Å². The first-order valence-corrected chi connectivity index (χ1v) is 9.11. The predicted octanol–water partition coefficient (Wildman–Crippen LogP) is 2.96. The average molecular weight is 355 g/mol. The van der Waals surface area contributed by atoms with Gasteiger partial charge in [0.15, 0.2) is 0 Å². The van der Waals surface area contributed by atoms with Gasteiger partial charge in [-0.2, -0.15) is 0 Å². The van der Waals surface area contributed by atoms with Crippen LogP contribution >= 0.6 is 0 Å². The molecule has 5 heteroatoms. The van der Waals surface area contributed by atoms with Crippen LogP contribution in [0.3, 0.4) is 0 Å². The summed E-state index contributed by atoms with van der Waals surface area (Å²) < 4.78 is 13.9. The Bertz CT molecular complexity index is 756. The van der Waals surface area contributed by atoms with Crippen LogP contribution in [-0.2, 0) is 11.3 Å². The molecule has 0 aliphatic carbocycles. The van der Waals surface area contributed by atoms with Crippen LogP contribution in [-0.4, -0.2) is 43.0 Å². The van der Waals surface area contributed by atoms with Gasteiger partial charge in [-0.15, -0.1) is 0 Å². The number of rotatable bonds is 5. The SMILES string of the molecule is Cc1cccc(CNC(=O)C(C)N2CCN(c3ccccc3F)CC2)c1. The molecular formula is C21H26FN3O. The third-order valence-electron chi connectivity index (χ3n) is 4.98. The number of halogens is 1. The number of benzene rings is 2. The zero-order chi connectivity index (χ0) is 18.5. The van der Waals surface area contributed by atoms with Crippen LogP contribution in [0.5, 0.6) is 0 Å². The molecule has 26 heavy (non-hydrogen) atoms. The number of piperazine rings is 1. The molecule has 1 aliphatic heterocycles. The fraction of sp³-hybridized carbons (Fsp3) is 0.381. The van der Waals surface area contributed by atoms with Gasteiger partial charge in [0, 0.05) is 32.7 Å². The van der Waals surface area contributed by atoms with Gasteiger partial charge in [0.25, 0.3) is 0 Å². The lowest BCUT2D eigenvalue weighted by Crippen LogP contribution is -2.54. The Hall–Kier alpha value is -2.40. The van der Waals surface area contributed by atoms with Gasteiger partial charge in [0.2, 0.25) is 5.91 Å². The highest BCUT2D eigenvalue weighted by Gasteiger charge is 2.26. The number of nitrogens with one attached hydrogen (secondary N) is 1. The molecule has 0 spiro atoms. The van der Waals surface area contributed by atoms with Gasteiger partial charge in [0.1, 0.15) is 5.82 Å². The summed E-state index contributed by atoms with van der Waals surface area (Å²) in [5.41, 5.74) is 2.94. The van der Waals surface area contributed by atoms with Crippen molar-refractivity contribution in [3.8, 4) is 0 Å². The van der Waals surface area contributed by atoms with E-state index in [0.717, 1.165) is 31.7 Å². The molecule has 2 aromatic rings. The molecule has 0 bridgehead atoms. The van der Waals surface area contributed by atoms with Crippen molar-refractivity contribution >= 4 is 11.6 Å². The first-order chi connectivity index (χ1) is 12.5. The minimum absolute atomic E-state index is 0.0332. The highest BCUT2D eigenvalue weighted by Crippen LogP contribution is 2.20. The maximum absolute atomic E-state index is 13.9. The molecule has 1 amide bonds. The van der Waals surface area contributed by atoms with Crippen molar-refractivity contribution in [1.29, 1.82) is 0 Å². The summed E-state index contributed by atoms with van der Waals surface area (Å²) in [6.45, 7) is 7.45. The van der Waals surface area contributed by atoms with Gasteiger partial charge in [-0.3, -0.25) is 9.69 Å². The summed E-state index contributed by atoms with van der Waals surface area (Å²) in [7, 11) is 0. The van der Waals surface area contributed by atoms with Gasteiger partial charge in [0.05, 0.1) is 11.7 Å². The number of carbonyl (C=O) groups excluding carboxylic acids is 1. The number of nitrogens with zero attached hydrogens (tertiary/aromatic N) is 2. The molecule has 4 nitrogen and oxygen atoms in total. The molecule has 138 valence electrons. The van der Waals surface area contributed by atoms with Crippen LogP contribution in [0.2, 0.25) is 0 Å². The molecule has 1 unspecified atom stereocenters. The topological polar surface area (TPSA) is 35.6 Å². The van der Waals surface area contributed by atoms with E-state index in [1.54, 1.807) is 6.07 Å². The van der Waals surface area contributed by atoms with E-state index < -0.39 is 0 Å². The van der Waals surface area contributed by atoms with Crippen LogP contribution in [0.25, 0.3) is 0 Å². The largest absolute Gasteiger partial charge is 0.367 e. The highest BCUT2D eigenvalue weighted by molar-refractivity contribution is 5.81. The smallest absolute Gasteiger partial charge is 0.237 e. The molecule has 1 fully saturated rings. The average Bonchev–Trinajstić information content (AvgIpc) is 2.66. The first-order valence-electron chi connectivity index (χ1n) is 9.11. The lowest BCUT2D eigenvalue weighted by molar-refractivity contribution is -0.126. The molecule has 3 rings (SSSR count). The van der Waals surface area contributed by atoms with Crippen LogP contribution in [0.1, 0.15) is 18.1 Å². The maximum atomic E-state index is 13.9. The molecule has 1 N–H and O–H groups in total. The molecular weight excluding hydrogens is 329 g/mol. The fourth-order valence-electron chi connectivity index (χ4n) is 3.38. The predicted molar refractivity (Wildman–Crippen MR) is 103 cm³/mol. The van der Waals surface area contributed by atoms with E-state index in [9.17, 15) is 9.18 Å². The zero-order valence-electron chi connectivity index (χ0n) is 15.4. The number of carbonyl (C=O) groups is 1. The Morgan fingerprint density at radius 3 is 2.54 bits per heavy atom. The van der Waals surface area contributed by atoms with E-state index in [1.807, 2.05) is 49.1 Å². The summed E-state index contributed by atoms with van der Waals surface area (Å²) in [4.78, 5) is 16.7. The Labute approximate surface area is 154 Å². The minimum atomic E-state index is -0.192. The van der Waals surface area contributed by atoms with Crippen LogP contribution in [0.4, 0.5) is 10.1 Å². The fourth-order valence-corrected chi connectivity index (χ4v) is 3.38. The van der Waals surface area contributed by atoms with Crippen molar-refractivity contribution < 1.29 is 9.18 Å². The number of amides is 1. The van der Waals surface area contributed by atoms with Crippen molar-refractivity contribution in [1.82, 2.24) is 10.2 Å². The second-order valence-corrected chi connectivity index (χ2v) is 6.86. The Kier molecular flexibility index (Phi) is 5.89. The highest BCUT2D eigenvalue weighted by atomic mass is 19.1. The maximum Gasteiger partial charge on any atom is 0.237 e. The van der Waals surface area contributed by atoms with Gasteiger partial charge in [-0.25, -0.2) is 4.39 Å². The minimum Gasteiger partial charge on any atom is -0.367 e. The molecule has 1 atom stereocenters. The molecule has 0 saturated carbocycles. The molecule has 0 radical (unpaired) electrons. The second kappa shape index (κ2) is 8.32. The van der Waals surface area contributed by atoms with Crippen LogP contribution in [0, 0.1) is 12.7 Å². The summed E-state index contributed by atoms with van der Waals surface area (Å²) in [5.74, 6) is -0.157. The lowest BCUT2D eigenvalue weighted by Gasteiger charge is -2.38. The normalized spacial score (nSPS) is 16.3. The van der Waals surface area contributed by atoms with Crippen molar-refractivity contribution in [2.75, 3.05) is 31.1 Å². The van der Waals surface area contributed by atoms with Crippen molar-refractivity contribution in [2.24, 2.45) is 0 Å². The van der Waals surface area contributed by atoms with E-state index in [0.29, 0.717) is 12.2 Å². The van der Waals surface area contributed by atoms with E-state index in [1.165, 1.54) is 11.6 Å². The molecule has 2 aromatic carbocycles. The van der Waals surface area contributed by atoms with E-state index in [2.05, 4.69) is 16.3 Å². The van der Waals surface area contributed by atoms with Crippen LogP contribution in [0.15, 0.2) is 48.5 Å². The van der Waals surface area contributed by atoms with Gasteiger partial charge < -0.3 is 10.2 Å². The Morgan fingerprint density at radius 1 is 1.12 bits per heavy atom. The van der Waals surface area contributed by atoms with E-state index in [4.69, 9.17) is 0 Å². The number of aryl methyl sites for hydroxylation is 1. The lowest BCUT2D eigenvalue weighted by atomic mass is 10.1. The third kappa shape index (κ3) is 4.41. The monoisotopic (exact) mass is 355 g/mol. The summed E-state index contributed by atoms with van der Waals surface area (Å²) in [6, 6.07) is 14.8. The number of hydrogen-bond donors (Lipinski definition) is 1. The van der Waals surface area contributed by atoms with E-state index >= 15 is 0 Å². The Morgan fingerprint density at radius 2 is 1.85 bits per heavy atom. The van der Waals surface area contributed by atoms with Gasteiger partial charge in [-0.1, -0.05) is 42.0 Å². The zero-order valence-corrected chi connectivity index (χ0v) is 15.4. The number of para-hydroxylation sites is 1. The molecule has 0 aromatic heterocycles. The molecule has 1 saturated heterocycles. The summed E-state index contributed by atoms with van der Waals surface area (Å²) in [6.07, 6.45) is 0. The number of hydrogen-bond acceptors (Lipinski definition) is 3. The second-order valence-electron chi connectivity index (χ2n) is 6.86. The number of anilines is 1. The first kappa shape index (κ1) is 18.4. The summed E-state index contributed by atoms with van der Waals surface area (Å²) >= 11 is 0. The van der Waals surface area contributed by atoms with Gasteiger partial charge >= 0.3 is 0 Å². The standard InChI is InChI=1S/C21H26FN3O/c1-16-6-5-7-18(14-16)15-23-21(26)17(2)24-10-12-25(13-11-24)20-9-4-3-8-19(20)22/h3-9,14,17H,10-13,15H2,1-2H3,(H,23,26). The molecule has 1 aliphatic rings. The quantitative estimate of drug-likeness (QED) is 0.896. The molecule has 1 heterocycles. The van der Waals surface area contributed by atoms with Crippen LogP contribution < -0.4 is 10.2 Å². The third-order valence-corrected chi connectivity index (χ3v) is 4.98. The van der Waals surface area contributed by atoms with Crippen molar-refractivity contribution in [2.45, 2.75) is 26.4 Å². The summed E-state index contributed by atoms with van der Waals surface area (Å²) in [5, 5.41) is 3.02.